The molecule has 2 aromatic carbocycles. The van der Waals surface area contributed by atoms with Gasteiger partial charge in [-0.2, -0.15) is 0 Å². The zero-order chi connectivity index (χ0) is 12.8. The van der Waals surface area contributed by atoms with Crippen molar-refractivity contribution in [1.29, 1.82) is 0 Å². The third kappa shape index (κ3) is 3.09. The number of anilines is 1. The second-order valence-corrected chi connectivity index (χ2v) is 3.75. The molecule has 4 heteroatoms. The summed E-state index contributed by atoms with van der Waals surface area (Å²) in [5, 5.41) is 0.989. The van der Waals surface area contributed by atoms with Gasteiger partial charge in [-0.15, -0.1) is 0 Å². The standard InChI is InChI=1S/C14H14N2O2/c15-16(13-9-5-2-6-10-13)14(17)18-11-12-7-3-1-4-8-12/h1-10H,11,15H2. The van der Waals surface area contributed by atoms with E-state index in [1.54, 1.807) is 24.3 Å². The molecular weight excluding hydrogens is 228 g/mol. The van der Waals surface area contributed by atoms with Gasteiger partial charge in [0.2, 0.25) is 0 Å². The third-order valence-electron chi connectivity index (χ3n) is 2.44. The van der Waals surface area contributed by atoms with Crippen LogP contribution in [0.15, 0.2) is 60.7 Å². The van der Waals surface area contributed by atoms with Crippen molar-refractivity contribution in [3.05, 3.63) is 66.2 Å². The van der Waals surface area contributed by atoms with Crippen LogP contribution in [0, 0.1) is 0 Å². The zero-order valence-electron chi connectivity index (χ0n) is 9.82. The van der Waals surface area contributed by atoms with Crippen LogP contribution < -0.4 is 10.9 Å². The number of amides is 1. The van der Waals surface area contributed by atoms with E-state index in [1.807, 2.05) is 36.4 Å². The summed E-state index contributed by atoms with van der Waals surface area (Å²) in [6, 6.07) is 18.4. The number of benzene rings is 2. The number of hydrogen-bond donors (Lipinski definition) is 1. The van der Waals surface area contributed by atoms with Crippen LogP contribution in [0.4, 0.5) is 10.5 Å². The second kappa shape index (κ2) is 5.84. The van der Waals surface area contributed by atoms with E-state index in [4.69, 9.17) is 10.6 Å². The third-order valence-corrected chi connectivity index (χ3v) is 2.44. The number of rotatable bonds is 3. The summed E-state index contributed by atoms with van der Waals surface area (Å²) in [4.78, 5) is 11.7. The van der Waals surface area contributed by atoms with Crippen LogP contribution in [0.5, 0.6) is 0 Å². The molecule has 18 heavy (non-hydrogen) atoms. The van der Waals surface area contributed by atoms with Crippen LogP contribution in [0.2, 0.25) is 0 Å². The number of carbonyl (C=O) groups is 1. The maximum absolute atomic E-state index is 11.7. The summed E-state index contributed by atoms with van der Waals surface area (Å²) in [6.07, 6.45) is -0.579. The Labute approximate surface area is 106 Å². The molecule has 2 N–H and O–H groups in total. The van der Waals surface area contributed by atoms with E-state index in [1.165, 1.54) is 0 Å². The molecule has 4 nitrogen and oxygen atoms in total. The van der Waals surface area contributed by atoms with Crippen LogP contribution in [-0.2, 0) is 11.3 Å². The van der Waals surface area contributed by atoms with Crippen molar-refractivity contribution >= 4 is 11.8 Å². The molecular formula is C14H14N2O2. The second-order valence-electron chi connectivity index (χ2n) is 3.75. The first-order chi connectivity index (χ1) is 8.77. The van der Waals surface area contributed by atoms with Gasteiger partial charge >= 0.3 is 6.09 Å². The van der Waals surface area contributed by atoms with Crippen molar-refractivity contribution in [2.24, 2.45) is 5.84 Å². The SMILES string of the molecule is NN(C(=O)OCc1ccccc1)c1ccccc1. The summed E-state index contributed by atoms with van der Waals surface area (Å²) in [5.41, 5.74) is 1.52. The first kappa shape index (κ1) is 12.1. The number of nitrogens with zero attached hydrogens (tertiary/aromatic N) is 1. The number of hydrazine groups is 1. The monoisotopic (exact) mass is 242 g/mol. The van der Waals surface area contributed by atoms with E-state index in [0.29, 0.717) is 5.69 Å². The molecule has 0 fully saturated rings. The van der Waals surface area contributed by atoms with Crippen LogP contribution in [0.1, 0.15) is 5.56 Å². The van der Waals surface area contributed by atoms with E-state index < -0.39 is 6.09 Å². The predicted molar refractivity (Wildman–Crippen MR) is 69.7 cm³/mol. The fourth-order valence-electron chi connectivity index (χ4n) is 1.48. The van der Waals surface area contributed by atoms with Crippen LogP contribution in [-0.4, -0.2) is 6.09 Å². The maximum atomic E-state index is 11.7. The molecule has 0 saturated heterocycles. The van der Waals surface area contributed by atoms with Gasteiger partial charge in [-0.3, -0.25) is 0 Å². The topological polar surface area (TPSA) is 55.6 Å². The van der Waals surface area contributed by atoms with E-state index in [0.717, 1.165) is 10.6 Å². The van der Waals surface area contributed by atoms with E-state index in [-0.39, 0.29) is 6.61 Å². The molecule has 0 aliphatic heterocycles. The average Bonchev–Trinajstić information content (AvgIpc) is 2.46. The van der Waals surface area contributed by atoms with E-state index in [9.17, 15) is 4.79 Å². The minimum absolute atomic E-state index is 0.209. The van der Waals surface area contributed by atoms with Crippen molar-refractivity contribution in [2.45, 2.75) is 6.61 Å². The fraction of sp³-hybridized carbons (Fsp3) is 0.0714. The van der Waals surface area contributed by atoms with Gasteiger partial charge in [0.25, 0.3) is 0 Å². The minimum Gasteiger partial charge on any atom is -0.443 e. The van der Waals surface area contributed by atoms with Gasteiger partial charge in [0.1, 0.15) is 6.61 Å². The number of nitrogens with two attached hydrogens (primary N) is 1. The lowest BCUT2D eigenvalue weighted by Crippen LogP contribution is -2.37. The molecule has 2 aromatic rings. The van der Waals surface area contributed by atoms with Crippen molar-refractivity contribution in [3.63, 3.8) is 0 Å². The molecule has 0 spiro atoms. The zero-order valence-corrected chi connectivity index (χ0v) is 9.82. The molecule has 0 atom stereocenters. The molecule has 0 radical (unpaired) electrons. The number of hydrogen-bond acceptors (Lipinski definition) is 3. The minimum atomic E-state index is -0.579. The van der Waals surface area contributed by atoms with Gasteiger partial charge in [-0.25, -0.2) is 15.6 Å². The molecule has 2 rings (SSSR count). The number of carbonyl (C=O) groups excluding carboxylic acids is 1. The van der Waals surface area contributed by atoms with Gasteiger partial charge in [-0.1, -0.05) is 48.5 Å². The van der Waals surface area contributed by atoms with Crippen LogP contribution in [0.25, 0.3) is 0 Å². The van der Waals surface area contributed by atoms with Crippen molar-refractivity contribution in [2.75, 3.05) is 5.01 Å². The molecule has 0 aromatic heterocycles. The van der Waals surface area contributed by atoms with E-state index >= 15 is 0 Å². The lowest BCUT2D eigenvalue weighted by molar-refractivity contribution is 0.147. The lowest BCUT2D eigenvalue weighted by atomic mass is 10.2. The largest absolute Gasteiger partial charge is 0.443 e. The van der Waals surface area contributed by atoms with E-state index in [2.05, 4.69) is 0 Å². The highest BCUT2D eigenvalue weighted by Crippen LogP contribution is 2.11. The first-order valence-corrected chi connectivity index (χ1v) is 5.58. The molecule has 0 heterocycles. The quantitative estimate of drug-likeness (QED) is 0.511. The number of para-hydroxylation sites is 1. The molecule has 0 aliphatic rings. The lowest BCUT2D eigenvalue weighted by Gasteiger charge is -2.16. The summed E-state index contributed by atoms with van der Waals surface area (Å²) >= 11 is 0. The smallest absolute Gasteiger partial charge is 0.429 e. The van der Waals surface area contributed by atoms with Gasteiger partial charge in [0.05, 0.1) is 5.69 Å². The molecule has 92 valence electrons. The fourth-order valence-corrected chi connectivity index (χ4v) is 1.48. The summed E-state index contributed by atoms with van der Waals surface area (Å²) in [7, 11) is 0. The Morgan fingerprint density at radius 2 is 1.56 bits per heavy atom. The average molecular weight is 242 g/mol. The highest BCUT2D eigenvalue weighted by atomic mass is 16.6. The van der Waals surface area contributed by atoms with Crippen molar-refractivity contribution in [1.82, 2.24) is 0 Å². The molecule has 0 saturated carbocycles. The van der Waals surface area contributed by atoms with Gasteiger partial charge in [0, 0.05) is 0 Å². The number of ether oxygens (including phenoxy) is 1. The summed E-state index contributed by atoms with van der Waals surface area (Å²) < 4.78 is 5.11. The predicted octanol–water partition coefficient (Wildman–Crippen LogP) is 2.70. The Hall–Kier alpha value is -2.33. The van der Waals surface area contributed by atoms with Crippen LogP contribution >= 0.6 is 0 Å². The Bertz CT molecular complexity index is 500. The summed E-state index contributed by atoms with van der Waals surface area (Å²) in [5.74, 6) is 5.66. The van der Waals surface area contributed by atoms with Gasteiger partial charge in [0.15, 0.2) is 0 Å². The Balaban J connectivity index is 1.93. The maximum Gasteiger partial charge on any atom is 0.429 e. The Kier molecular flexibility index (Phi) is 3.94. The van der Waals surface area contributed by atoms with Gasteiger partial charge in [-0.05, 0) is 17.7 Å². The molecule has 0 aliphatic carbocycles. The summed E-state index contributed by atoms with van der Waals surface area (Å²) in [6.45, 7) is 0.209. The van der Waals surface area contributed by atoms with Crippen molar-refractivity contribution in [3.8, 4) is 0 Å². The molecule has 0 unspecified atom stereocenters. The molecule has 1 amide bonds. The highest BCUT2D eigenvalue weighted by Gasteiger charge is 2.12. The van der Waals surface area contributed by atoms with Crippen molar-refractivity contribution < 1.29 is 9.53 Å². The van der Waals surface area contributed by atoms with Crippen LogP contribution in [0.3, 0.4) is 0 Å². The Morgan fingerprint density at radius 1 is 1.00 bits per heavy atom. The highest BCUT2D eigenvalue weighted by molar-refractivity contribution is 5.86. The first-order valence-electron chi connectivity index (χ1n) is 5.58. The normalized spacial score (nSPS) is 9.83. The Morgan fingerprint density at radius 3 is 2.17 bits per heavy atom. The molecule has 0 bridgehead atoms. The van der Waals surface area contributed by atoms with Gasteiger partial charge < -0.3 is 4.74 Å².